The second-order valence-electron chi connectivity index (χ2n) is 7.64. The number of carbonyl (C=O) groups is 1. The minimum atomic E-state index is -0.208. The third kappa shape index (κ3) is 5.86. The average Bonchev–Trinajstić information content (AvgIpc) is 2.80. The zero-order valence-corrected chi connectivity index (χ0v) is 18.6. The molecular formula is C26H31N2O3+. The standard InChI is InChI=1S/C26H30N2O3/c1-18-10-12-21(13-11-18)26(20-8-6-5-7-9-20)27-17-25(29)28-19(2)23-16-22(30-3)14-15-24(23)31-4/h5-16,19,26-27H,17H2,1-4H3,(H,28,29)/p+1/t19-,26-/m1/s1. The predicted molar refractivity (Wildman–Crippen MR) is 122 cm³/mol. The second kappa shape index (κ2) is 10.6. The molecular weight excluding hydrogens is 388 g/mol. The number of quaternary nitrogens is 1. The van der Waals surface area contributed by atoms with Gasteiger partial charge in [-0.1, -0.05) is 60.2 Å². The first-order chi connectivity index (χ1) is 15.0. The van der Waals surface area contributed by atoms with E-state index < -0.39 is 0 Å². The van der Waals surface area contributed by atoms with Crippen LogP contribution in [0.3, 0.4) is 0 Å². The molecule has 0 bridgehead atoms. The summed E-state index contributed by atoms with van der Waals surface area (Å²) in [6.45, 7) is 4.33. The maximum absolute atomic E-state index is 12.8. The van der Waals surface area contributed by atoms with Crippen molar-refractivity contribution in [3.8, 4) is 11.5 Å². The van der Waals surface area contributed by atoms with Crippen molar-refractivity contribution < 1.29 is 19.6 Å². The second-order valence-corrected chi connectivity index (χ2v) is 7.64. The van der Waals surface area contributed by atoms with E-state index in [0.29, 0.717) is 6.54 Å². The zero-order valence-electron chi connectivity index (χ0n) is 18.6. The highest BCUT2D eigenvalue weighted by atomic mass is 16.5. The Balaban J connectivity index is 1.71. The Hall–Kier alpha value is -3.31. The number of rotatable bonds is 9. The van der Waals surface area contributed by atoms with Crippen LogP contribution in [-0.2, 0) is 4.79 Å². The number of nitrogens with two attached hydrogens (primary N) is 1. The highest BCUT2D eigenvalue weighted by molar-refractivity contribution is 5.77. The van der Waals surface area contributed by atoms with Gasteiger partial charge in [0.25, 0.3) is 5.91 Å². The quantitative estimate of drug-likeness (QED) is 0.558. The van der Waals surface area contributed by atoms with Crippen LogP contribution in [0.2, 0.25) is 0 Å². The molecule has 0 radical (unpaired) electrons. The molecule has 0 fully saturated rings. The lowest BCUT2D eigenvalue weighted by atomic mass is 9.98. The first kappa shape index (κ1) is 22.4. The summed E-state index contributed by atoms with van der Waals surface area (Å²) in [4.78, 5) is 12.8. The largest absolute Gasteiger partial charge is 0.497 e. The average molecular weight is 420 g/mol. The Morgan fingerprint density at radius 1 is 0.935 bits per heavy atom. The van der Waals surface area contributed by atoms with Crippen molar-refractivity contribution in [2.75, 3.05) is 20.8 Å². The van der Waals surface area contributed by atoms with Crippen molar-refractivity contribution in [1.29, 1.82) is 0 Å². The molecule has 5 nitrogen and oxygen atoms in total. The Labute approximate surface area is 184 Å². The highest BCUT2D eigenvalue weighted by Crippen LogP contribution is 2.29. The van der Waals surface area contributed by atoms with Crippen LogP contribution < -0.4 is 20.1 Å². The van der Waals surface area contributed by atoms with Gasteiger partial charge in [-0.25, -0.2) is 0 Å². The number of carbonyl (C=O) groups excluding carboxylic acids is 1. The summed E-state index contributed by atoms with van der Waals surface area (Å²) in [5.41, 5.74) is 4.44. The molecule has 0 unspecified atom stereocenters. The van der Waals surface area contributed by atoms with Crippen molar-refractivity contribution in [3.05, 3.63) is 95.1 Å². The van der Waals surface area contributed by atoms with Crippen LogP contribution >= 0.6 is 0 Å². The Morgan fingerprint density at radius 3 is 2.26 bits per heavy atom. The Bertz CT molecular complexity index is 987. The van der Waals surface area contributed by atoms with Gasteiger partial charge in [-0.3, -0.25) is 4.79 Å². The summed E-state index contributed by atoms with van der Waals surface area (Å²) in [6.07, 6.45) is 0. The molecule has 0 spiro atoms. The maximum Gasteiger partial charge on any atom is 0.275 e. The lowest BCUT2D eigenvalue weighted by Crippen LogP contribution is -2.87. The van der Waals surface area contributed by atoms with Crippen molar-refractivity contribution >= 4 is 5.91 Å². The third-order valence-electron chi connectivity index (χ3n) is 5.41. The van der Waals surface area contributed by atoms with Gasteiger partial charge in [0.1, 0.15) is 17.5 Å². The van der Waals surface area contributed by atoms with Gasteiger partial charge < -0.3 is 20.1 Å². The summed E-state index contributed by atoms with van der Waals surface area (Å²) in [5, 5.41) is 5.16. The van der Waals surface area contributed by atoms with Crippen molar-refractivity contribution in [2.45, 2.75) is 25.9 Å². The number of nitrogens with one attached hydrogen (secondary N) is 1. The molecule has 3 rings (SSSR count). The van der Waals surface area contributed by atoms with Gasteiger partial charge in [-0.15, -0.1) is 0 Å². The Morgan fingerprint density at radius 2 is 1.61 bits per heavy atom. The normalized spacial score (nSPS) is 12.6. The van der Waals surface area contributed by atoms with Gasteiger partial charge >= 0.3 is 0 Å². The molecule has 3 N–H and O–H groups in total. The molecule has 5 heteroatoms. The van der Waals surface area contributed by atoms with Crippen LogP contribution in [-0.4, -0.2) is 26.7 Å². The van der Waals surface area contributed by atoms with E-state index in [-0.39, 0.29) is 18.0 Å². The number of ether oxygens (including phenoxy) is 2. The summed E-state index contributed by atoms with van der Waals surface area (Å²) in [6, 6.07) is 24.2. The van der Waals surface area contributed by atoms with Crippen LogP contribution in [0.5, 0.6) is 11.5 Å². The van der Waals surface area contributed by atoms with Gasteiger partial charge in [0, 0.05) is 16.7 Å². The summed E-state index contributed by atoms with van der Waals surface area (Å²) in [5.74, 6) is 1.41. The first-order valence-electron chi connectivity index (χ1n) is 10.5. The predicted octanol–water partition coefficient (Wildman–Crippen LogP) is 3.54. The smallest absolute Gasteiger partial charge is 0.275 e. The lowest BCUT2D eigenvalue weighted by molar-refractivity contribution is -0.676. The monoisotopic (exact) mass is 419 g/mol. The molecule has 0 aromatic heterocycles. The number of methoxy groups -OCH3 is 2. The number of benzene rings is 3. The van der Waals surface area contributed by atoms with E-state index in [1.54, 1.807) is 14.2 Å². The third-order valence-corrected chi connectivity index (χ3v) is 5.41. The topological polar surface area (TPSA) is 64.2 Å². The first-order valence-corrected chi connectivity index (χ1v) is 10.5. The van der Waals surface area contributed by atoms with E-state index in [4.69, 9.17) is 9.47 Å². The molecule has 0 aliphatic rings. The molecule has 162 valence electrons. The number of hydrogen-bond donors (Lipinski definition) is 2. The maximum atomic E-state index is 12.8. The fourth-order valence-electron chi connectivity index (χ4n) is 3.68. The van der Waals surface area contributed by atoms with E-state index in [9.17, 15) is 4.79 Å². The molecule has 0 aliphatic carbocycles. The fourth-order valence-corrected chi connectivity index (χ4v) is 3.68. The number of aryl methyl sites for hydroxylation is 1. The molecule has 0 saturated carbocycles. The van der Waals surface area contributed by atoms with Crippen molar-refractivity contribution in [2.24, 2.45) is 0 Å². The van der Waals surface area contributed by atoms with Gasteiger partial charge in [0.05, 0.1) is 20.3 Å². The van der Waals surface area contributed by atoms with E-state index in [1.165, 1.54) is 16.7 Å². The van der Waals surface area contributed by atoms with Gasteiger partial charge in [0.15, 0.2) is 6.54 Å². The van der Waals surface area contributed by atoms with Crippen LogP contribution in [0.25, 0.3) is 0 Å². The molecule has 3 aromatic carbocycles. The van der Waals surface area contributed by atoms with Gasteiger partial charge in [0.2, 0.25) is 0 Å². The minimum Gasteiger partial charge on any atom is -0.497 e. The zero-order chi connectivity index (χ0) is 22.2. The van der Waals surface area contributed by atoms with Crippen molar-refractivity contribution in [1.82, 2.24) is 5.32 Å². The molecule has 0 aliphatic heterocycles. The van der Waals surface area contributed by atoms with Gasteiger partial charge in [-0.2, -0.15) is 0 Å². The number of amides is 1. The number of hydrogen-bond acceptors (Lipinski definition) is 3. The van der Waals surface area contributed by atoms with E-state index >= 15 is 0 Å². The van der Waals surface area contributed by atoms with Crippen LogP contribution in [0.4, 0.5) is 0 Å². The van der Waals surface area contributed by atoms with E-state index in [0.717, 1.165) is 17.1 Å². The molecule has 31 heavy (non-hydrogen) atoms. The van der Waals surface area contributed by atoms with Gasteiger partial charge in [-0.05, 0) is 32.0 Å². The summed E-state index contributed by atoms with van der Waals surface area (Å²) < 4.78 is 10.8. The van der Waals surface area contributed by atoms with Crippen LogP contribution in [0, 0.1) is 6.92 Å². The Kier molecular flexibility index (Phi) is 7.68. The SMILES string of the molecule is COc1ccc(OC)c([C@@H](C)NC(=O)C[NH2+][C@H](c2ccccc2)c2ccc(C)cc2)c1. The van der Waals surface area contributed by atoms with E-state index in [1.807, 2.05) is 43.3 Å². The van der Waals surface area contributed by atoms with Crippen LogP contribution in [0.1, 0.15) is 41.3 Å². The highest BCUT2D eigenvalue weighted by Gasteiger charge is 2.21. The molecule has 2 atom stereocenters. The van der Waals surface area contributed by atoms with E-state index in [2.05, 4.69) is 54.0 Å². The molecule has 3 aromatic rings. The summed E-state index contributed by atoms with van der Waals surface area (Å²) >= 11 is 0. The lowest BCUT2D eigenvalue weighted by Gasteiger charge is -2.20. The molecule has 0 saturated heterocycles. The summed E-state index contributed by atoms with van der Waals surface area (Å²) in [7, 11) is 3.25. The van der Waals surface area contributed by atoms with Crippen LogP contribution in [0.15, 0.2) is 72.8 Å². The minimum absolute atomic E-state index is 0.0367. The fraction of sp³-hybridized carbons (Fsp3) is 0.269. The molecule has 1 amide bonds. The van der Waals surface area contributed by atoms with Crippen molar-refractivity contribution in [3.63, 3.8) is 0 Å². The molecule has 0 heterocycles.